The Morgan fingerprint density at radius 1 is 0.700 bits per heavy atom. The summed E-state index contributed by atoms with van der Waals surface area (Å²) in [5.41, 5.74) is 0. The molecule has 0 rings (SSSR count). The van der Waals surface area contributed by atoms with E-state index in [0.717, 1.165) is 24.2 Å². The van der Waals surface area contributed by atoms with Gasteiger partial charge in [-0.15, -0.1) is 0 Å². The Morgan fingerprint density at radius 2 is 1.10 bits per heavy atom. The van der Waals surface area contributed by atoms with Crippen LogP contribution >= 0.6 is 0 Å². The molecule has 4 N–H and O–H groups in total. The zero-order valence-electron chi connectivity index (χ0n) is 19.5. The predicted molar refractivity (Wildman–Crippen MR) is 121 cm³/mol. The number of hydrogen-bond acceptors (Lipinski definition) is 5. The van der Waals surface area contributed by atoms with Gasteiger partial charge in [-0.25, -0.2) is 0 Å². The maximum absolute atomic E-state index is 10.2. The number of unbranched alkanes of at least 4 members (excludes halogenated alkanes) is 11. The number of nitrogens with one attached hydrogen (secondary N) is 1. The van der Waals surface area contributed by atoms with Crippen molar-refractivity contribution >= 4 is 5.97 Å². The second-order valence-electron chi connectivity index (χ2n) is 7.88. The Hall–Kier alpha value is -0.950. The zero-order chi connectivity index (χ0) is 22.7. The molecule has 0 amide bonds. The van der Waals surface area contributed by atoms with Crippen LogP contribution in [0, 0.1) is 0 Å². The van der Waals surface area contributed by atoms with Crippen LogP contribution in [0.1, 0.15) is 96.8 Å². The molecule has 0 heterocycles. The first-order valence-electron chi connectivity index (χ1n) is 12.1. The summed E-state index contributed by atoms with van der Waals surface area (Å²) in [6, 6.07) is 0. The summed E-state index contributed by atoms with van der Waals surface area (Å²) in [5.74, 6) is -0.914. The van der Waals surface area contributed by atoms with Crippen molar-refractivity contribution in [3.8, 4) is 0 Å². The Kier molecular flexibility index (Phi) is 29.2. The van der Waals surface area contributed by atoms with Crippen molar-refractivity contribution in [2.75, 3.05) is 39.5 Å². The van der Waals surface area contributed by atoms with Crippen LogP contribution in [0.15, 0.2) is 12.2 Å². The average molecular weight is 432 g/mol. The third-order valence-electron chi connectivity index (χ3n) is 5.04. The fraction of sp³-hybridized carbons (Fsp3) is 0.875. The van der Waals surface area contributed by atoms with Crippen molar-refractivity contribution in [3.63, 3.8) is 0 Å². The first-order valence-corrected chi connectivity index (χ1v) is 12.1. The minimum absolute atomic E-state index is 0.106. The van der Waals surface area contributed by atoms with Crippen molar-refractivity contribution < 1.29 is 30.1 Å². The highest BCUT2D eigenvalue weighted by atomic mass is 16.4. The van der Waals surface area contributed by atoms with Crippen molar-refractivity contribution in [1.82, 2.24) is 0 Å². The number of hydrogen-bond donors (Lipinski definition) is 4. The lowest BCUT2D eigenvalue weighted by molar-refractivity contribution is -0.901. The predicted octanol–water partition coefficient (Wildman–Crippen LogP) is 1.62. The molecule has 6 heteroatoms. The molecular weight excluding hydrogens is 382 g/mol. The van der Waals surface area contributed by atoms with E-state index in [2.05, 4.69) is 19.1 Å². The van der Waals surface area contributed by atoms with Crippen LogP contribution in [0.5, 0.6) is 0 Å². The molecule has 0 bridgehead atoms. The van der Waals surface area contributed by atoms with Crippen molar-refractivity contribution in [3.05, 3.63) is 12.2 Å². The molecule has 0 saturated heterocycles. The van der Waals surface area contributed by atoms with E-state index < -0.39 is 5.97 Å². The maximum atomic E-state index is 10.2. The number of allylic oxidation sites excluding steroid dienone is 2. The lowest BCUT2D eigenvalue weighted by atomic mass is 10.1. The Bertz CT molecular complexity index is 349. The molecule has 0 aliphatic rings. The van der Waals surface area contributed by atoms with Gasteiger partial charge >= 0.3 is 0 Å². The van der Waals surface area contributed by atoms with E-state index in [1.54, 1.807) is 0 Å². The Labute approximate surface area is 185 Å². The number of rotatable bonds is 21. The summed E-state index contributed by atoms with van der Waals surface area (Å²) >= 11 is 0. The van der Waals surface area contributed by atoms with Crippen LogP contribution in [-0.4, -0.2) is 60.7 Å². The fourth-order valence-electron chi connectivity index (χ4n) is 3.19. The largest absolute Gasteiger partial charge is 0.550 e. The van der Waals surface area contributed by atoms with Gasteiger partial charge in [-0.1, -0.05) is 70.4 Å². The molecule has 180 valence electrons. The molecule has 30 heavy (non-hydrogen) atoms. The fourth-order valence-corrected chi connectivity index (χ4v) is 3.19. The molecule has 0 fully saturated rings. The lowest BCUT2D eigenvalue weighted by Gasteiger charge is -2.15. The van der Waals surface area contributed by atoms with E-state index in [-0.39, 0.29) is 26.2 Å². The average Bonchev–Trinajstić information content (AvgIpc) is 2.72. The van der Waals surface area contributed by atoms with Gasteiger partial charge in [-0.05, 0) is 38.5 Å². The van der Waals surface area contributed by atoms with Crippen molar-refractivity contribution in [2.45, 2.75) is 96.8 Å². The minimum Gasteiger partial charge on any atom is -0.550 e. The summed E-state index contributed by atoms with van der Waals surface area (Å²) in [4.78, 5) is 11.2. The lowest BCUT2D eigenvalue weighted by Crippen LogP contribution is -3.13. The number of carboxylic acid groups (broad SMARTS) is 1. The topological polar surface area (TPSA) is 105 Å². The van der Waals surface area contributed by atoms with Crippen molar-refractivity contribution in [1.29, 1.82) is 0 Å². The smallest absolute Gasteiger partial charge is 0.101 e. The van der Waals surface area contributed by atoms with E-state index in [4.69, 9.17) is 15.3 Å². The van der Waals surface area contributed by atoms with Gasteiger partial charge in [0.25, 0.3) is 0 Å². The number of aliphatic hydroxyl groups excluding tert-OH is 3. The summed E-state index contributed by atoms with van der Waals surface area (Å²) in [6.07, 6.45) is 20.9. The molecular formula is C24H49NO5. The van der Waals surface area contributed by atoms with Gasteiger partial charge in [-0.3, -0.25) is 0 Å². The molecule has 0 atom stereocenters. The van der Waals surface area contributed by atoms with Crippen molar-refractivity contribution in [2.24, 2.45) is 0 Å². The monoisotopic (exact) mass is 431 g/mol. The number of carbonyl (C=O) groups is 1. The summed E-state index contributed by atoms with van der Waals surface area (Å²) in [6.45, 7) is 4.37. The summed E-state index contributed by atoms with van der Waals surface area (Å²) in [5, 5.41) is 35.7. The van der Waals surface area contributed by atoms with E-state index >= 15 is 0 Å². The molecule has 0 radical (unpaired) electrons. The third kappa shape index (κ3) is 29.3. The quantitative estimate of drug-likeness (QED) is 0.163. The van der Waals surface area contributed by atoms with Crippen LogP contribution < -0.4 is 10.0 Å². The highest BCUT2D eigenvalue weighted by Crippen LogP contribution is 2.09. The number of quaternary nitrogens is 1. The van der Waals surface area contributed by atoms with E-state index in [1.165, 1.54) is 64.2 Å². The highest BCUT2D eigenvalue weighted by molar-refractivity contribution is 5.63. The number of carbonyl (C=O) groups excluding carboxylic acids is 1. The third-order valence-corrected chi connectivity index (χ3v) is 5.04. The minimum atomic E-state index is -0.914. The first-order chi connectivity index (χ1) is 14.6. The van der Waals surface area contributed by atoms with Crippen LogP contribution in [0.2, 0.25) is 0 Å². The second kappa shape index (κ2) is 28.1. The zero-order valence-corrected chi connectivity index (χ0v) is 19.5. The summed E-state index contributed by atoms with van der Waals surface area (Å²) < 4.78 is 0. The van der Waals surface area contributed by atoms with Crippen LogP contribution in [0.4, 0.5) is 0 Å². The van der Waals surface area contributed by atoms with Gasteiger partial charge in [0.05, 0.1) is 19.8 Å². The molecule has 0 saturated carbocycles. The number of aliphatic hydroxyl groups is 3. The van der Waals surface area contributed by atoms with Gasteiger partial charge in [0.15, 0.2) is 0 Å². The van der Waals surface area contributed by atoms with Crippen LogP contribution in [0.25, 0.3) is 0 Å². The van der Waals surface area contributed by atoms with Gasteiger partial charge < -0.3 is 30.1 Å². The Balaban J connectivity index is 0. The van der Waals surface area contributed by atoms with Gasteiger partial charge in [0.1, 0.15) is 19.6 Å². The second-order valence-corrected chi connectivity index (χ2v) is 7.88. The van der Waals surface area contributed by atoms with E-state index in [1.807, 2.05) is 0 Å². The molecule has 0 aliphatic heterocycles. The van der Waals surface area contributed by atoms with Crippen LogP contribution in [-0.2, 0) is 4.79 Å². The van der Waals surface area contributed by atoms with Gasteiger partial charge in [0.2, 0.25) is 0 Å². The molecule has 0 aromatic rings. The molecule has 0 aromatic heterocycles. The standard InChI is InChI=1S/C18H34O2.C6H15NO3/c1-2-3-4-5-6-7-8-9-10-11-12-13-14-15-16-17-18(19)20;8-4-1-7(2-5-9)3-6-10/h9-10H,2-8,11-17H2,1H3,(H,19,20);8-10H,1-6H2/b10-9-;. The Morgan fingerprint density at radius 3 is 1.50 bits per heavy atom. The normalized spacial score (nSPS) is 11.1. The van der Waals surface area contributed by atoms with E-state index in [9.17, 15) is 9.90 Å². The van der Waals surface area contributed by atoms with Crippen LogP contribution in [0.3, 0.4) is 0 Å². The molecule has 0 spiro atoms. The number of aliphatic carboxylic acids is 1. The van der Waals surface area contributed by atoms with Gasteiger partial charge in [-0.2, -0.15) is 0 Å². The molecule has 6 nitrogen and oxygen atoms in total. The van der Waals surface area contributed by atoms with E-state index in [0.29, 0.717) is 19.6 Å². The maximum Gasteiger partial charge on any atom is 0.101 e. The molecule has 0 aromatic carbocycles. The van der Waals surface area contributed by atoms with Gasteiger partial charge in [0, 0.05) is 5.97 Å². The molecule has 0 aliphatic carbocycles. The molecule has 0 unspecified atom stereocenters. The highest BCUT2D eigenvalue weighted by Gasteiger charge is 2.04. The SMILES string of the molecule is CCCCCCCC/C=C\CCCCCCCC(=O)[O-].OCC[NH+](CCO)CCO. The first kappa shape index (κ1) is 31.2. The summed E-state index contributed by atoms with van der Waals surface area (Å²) in [7, 11) is 0. The number of carboxylic acids is 1.